The predicted molar refractivity (Wildman–Crippen MR) is 102 cm³/mol. The van der Waals surface area contributed by atoms with Gasteiger partial charge in [0.15, 0.2) is 0 Å². The van der Waals surface area contributed by atoms with Crippen LogP contribution < -0.4 is 0 Å². The van der Waals surface area contributed by atoms with E-state index in [1.54, 1.807) is 0 Å². The second-order valence-corrected chi connectivity index (χ2v) is 7.35. The molecule has 0 atom stereocenters. The Morgan fingerprint density at radius 3 is 0.857 bits per heavy atom. The minimum absolute atomic E-state index is 1.12. The third-order valence-corrected chi connectivity index (χ3v) is 4.94. The molecule has 0 nitrogen and oxygen atoms in total. The zero-order chi connectivity index (χ0) is 15.4. The van der Waals surface area contributed by atoms with E-state index in [0.29, 0.717) is 0 Å². The van der Waals surface area contributed by atoms with Gasteiger partial charge in [-0.3, -0.25) is 0 Å². The Morgan fingerprint density at radius 2 is 0.619 bits per heavy atom. The highest BCUT2D eigenvalue weighted by atomic mass is 79.9. The van der Waals surface area contributed by atoms with Gasteiger partial charge in [0.25, 0.3) is 0 Å². The molecular weight excluding hydrogens is 320 g/mol. The van der Waals surface area contributed by atoms with Gasteiger partial charge in [0.1, 0.15) is 0 Å². The molecule has 0 unspecified atom stereocenters. The van der Waals surface area contributed by atoms with Gasteiger partial charge >= 0.3 is 0 Å². The van der Waals surface area contributed by atoms with E-state index in [-0.39, 0.29) is 0 Å². The Kier molecular flexibility index (Phi) is 20.9. The minimum atomic E-state index is 1.12. The van der Waals surface area contributed by atoms with Crippen LogP contribution in [-0.2, 0) is 0 Å². The Bertz CT molecular complexity index is 149. The van der Waals surface area contributed by atoms with Crippen molar-refractivity contribution < 1.29 is 0 Å². The van der Waals surface area contributed by atoms with Gasteiger partial charge in [0, 0.05) is 5.33 Å². The lowest BCUT2D eigenvalue weighted by Gasteiger charge is -2.03. The molecule has 0 aromatic heterocycles. The van der Waals surface area contributed by atoms with Gasteiger partial charge in [0.05, 0.1) is 0 Å². The van der Waals surface area contributed by atoms with Crippen molar-refractivity contribution in [3.63, 3.8) is 0 Å². The normalized spacial score (nSPS) is 11.1. The van der Waals surface area contributed by atoms with Crippen molar-refractivity contribution in [1.82, 2.24) is 0 Å². The fourth-order valence-corrected chi connectivity index (χ4v) is 3.32. The molecule has 0 saturated heterocycles. The van der Waals surface area contributed by atoms with E-state index in [9.17, 15) is 0 Å². The van der Waals surface area contributed by atoms with Gasteiger partial charge in [-0.2, -0.15) is 0 Å². The lowest BCUT2D eigenvalue weighted by atomic mass is 10.0. The molecule has 0 aromatic carbocycles. The molecule has 1 radical (unpaired) electrons. The van der Waals surface area contributed by atoms with Crippen molar-refractivity contribution in [3.8, 4) is 0 Å². The first-order valence-corrected chi connectivity index (χ1v) is 10.9. The standard InChI is InChI=1S/C20H40Br/c1-2-3-4-5-6-7-8-9-10-11-12-13-14-15-16-17-18-19-20-21/h1-20H2. The largest absolute Gasteiger partial charge is 0.0928 e. The monoisotopic (exact) mass is 359 g/mol. The van der Waals surface area contributed by atoms with Crippen molar-refractivity contribution in [2.24, 2.45) is 0 Å². The van der Waals surface area contributed by atoms with Crippen LogP contribution in [0.15, 0.2) is 0 Å². The average Bonchev–Trinajstić information content (AvgIpc) is 2.50. The summed E-state index contributed by atoms with van der Waals surface area (Å²) in [5.41, 5.74) is 0. The molecule has 0 aromatic rings. The molecule has 0 N–H and O–H groups in total. The maximum atomic E-state index is 3.89. The van der Waals surface area contributed by atoms with Crippen LogP contribution in [0, 0.1) is 6.92 Å². The lowest BCUT2D eigenvalue weighted by Crippen LogP contribution is -1.84. The first kappa shape index (κ1) is 21.5. The molecule has 0 saturated carbocycles. The molecule has 0 amide bonds. The van der Waals surface area contributed by atoms with E-state index in [1.807, 2.05) is 0 Å². The summed E-state index contributed by atoms with van der Waals surface area (Å²) in [6, 6.07) is 0. The topological polar surface area (TPSA) is 0 Å². The van der Waals surface area contributed by atoms with Gasteiger partial charge in [-0.1, -0.05) is 132 Å². The third kappa shape index (κ3) is 20.5. The summed E-state index contributed by atoms with van der Waals surface area (Å²) in [6.07, 6.45) is 25.7. The van der Waals surface area contributed by atoms with Crippen molar-refractivity contribution in [2.45, 2.75) is 116 Å². The Balaban J connectivity index is 2.90. The summed E-state index contributed by atoms with van der Waals surface area (Å²) in [4.78, 5) is 0. The molecule has 1 heteroatoms. The molecular formula is C20H40Br. The zero-order valence-electron chi connectivity index (χ0n) is 14.5. The maximum Gasteiger partial charge on any atom is 0.00313 e. The molecule has 0 heterocycles. The van der Waals surface area contributed by atoms with E-state index in [2.05, 4.69) is 22.9 Å². The number of rotatable bonds is 18. The van der Waals surface area contributed by atoms with Crippen LogP contribution in [0.5, 0.6) is 0 Å². The molecule has 0 aliphatic heterocycles. The fourth-order valence-electron chi connectivity index (χ4n) is 2.92. The number of hydrogen-bond acceptors (Lipinski definition) is 0. The summed E-state index contributed by atoms with van der Waals surface area (Å²) < 4.78 is 0. The molecule has 127 valence electrons. The predicted octanol–water partition coefficient (Wildman–Crippen LogP) is 8.24. The Labute approximate surface area is 144 Å². The second-order valence-electron chi connectivity index (χ2n) is 6.55. The Morgan fingerprint density at radius 1 is 0.381 bits per heavy atom. The first-order chi connectivity index (χ1) is 10.4. The van der Waals surface area contributed by atoms with Gasteiger partial charge < -0.3 is 0 Å². The van der Waals surface area contributed by atoms with Crippen molar-refractivity contribution in [2.75, 3.05) is 5.33 Å². The highest BCUT2D eigenvalue weighted by molar-refractivity contribution is 9.09. The highest BCUT2D eigenvalue weighted by Gasteiger charge is 1.94. The number of halogens is 1. The fraction of sp³-hybridized carbons (Fsp3) is 0.950. The molecule has 21 heavy (non-hydrogen) atoms. The molecule has 0 bridgehead atoms. The van der Waals surface area contributed by atoms with E-state index in [1.165, 1.54) is 114 Å². The number of hydrogen-bond donors (Lipinski definition) is 0. The smallest absolute Gasteiger partial charge is 0.00313 e. The number of alkyl halides is 1. The van der Waals surface area contributed by atoms with E-state index < -0.39 is 0 Å². The summed E-state index contributed by atoms with van der Waals surface area (Å²) in [7, 11) is 0. The van der Waals surface area contributed by atoms with Crippen molar-refractivity contribution in [1.29, 1.82) is 0 Å². The first-order valence-electron chi connectivity index (χ1n) is 9.77. The van der Waals surface area contributed by atoms with E-state index in [0.717, 1.165) is 6.42 Å². The third-order valence-electron chi connectivity index (χ3n) is 4.38. The second kappa shape index (κ2) is 20.5. The Hall–Kier alpha value is 0.480. The van der Waals surface area contributed by atoms with Gasteiger partial charge in [0.2, 0.25) is 0 Å². The molecule has 0 aliphatic rings. The summed E-state index contributed by atoms with van der Waals surface area (Å²) >= 11 is 3.49. The molecule has 0 rings (SSSR count). The van der Waals surface area contributed by atoms with Crippen LogP contribution in [-0.4, -0.2) is 5.33 Å². The summed E-state index contributed by atoms with van der Waals surface area (Å²) in [6.45, 7) is 3.89. The van der Waals surface area contributed by atoms with Crippen LogP contribution in [0.25, 0.3) is 0 Å². The van der Waals surface area contributed by atoms with E-state index >= 15 is 0 Å². The van der Waals surface area contributed by atoms with Crippen LogP contribution in [0.4, 0.5) is 0 Å². The summed E-state index contributed by atoms with van der Waals surface area (Å²) in [5, 5.41) is 1.18. The van der Waals surface area contributed by atoms with E-state index in [4.69, 9.17) is 0 Å². The number of unbranched alkanes of at least 4 members (excludes halogenated alkanes) is 17. The zero-order valence-corrected chi connectivity index (χ0v) is 16.1. The minimum Gasteiger partial charge on any atom is -0.0928 e. The lowest BCUT2D eigenvalue weighted by molar-refractivity contribution is 0.528. The van der Waals surface area contributed by atoms with Crippen LogP contribution in [0.2, 0.25) is 0 Å². The van der Waals surface area contributed by atoms with Crippen molar-refractivity contribution in [3.05, 3.63) is 6.92 Å². The molecule has 0 fully saturated rings. The summed E-state index contributed by atoms with van der Waals surface area (Å²) in [5.74, 6) is 0. The van der Waals surface area contributed by atoms with Gasteiger partial charge in [-0.05, 0) is 6.42 Å². The quantitative estimate of drug-likeness (QED) is 0.170. The van der Waals surface area contributed by atoms with Crippen LogP contribution in [0.3, 0.4) is 0 Å². The van der Waals surface area contributed by atoms with Gasteiger partial charge in [-0.25, -0.2) is 0 Å². The van der Waals surface area contributed by atoms with Crippen molar-refractivity contribution >= 4 is 15.9 Å². The molecule has 0 spiro atoms. The maximum absolute atomic E-state index is 3.89. The average molecular weight is 360 g/mol. The van der Waals surface area contributed by atoms with Crippen LogP contribution in [0.1, 0.15) is 116 Å². The highest BCUT2D eigenvalue weighted by Crippen LogP contribution is 2.14. The van der Waals surface area contributed by atoms with Gasteiger partial charge in [-0.15, -0.1) is 0 Å². The molecule has 0 aliphatic carbocycles. The van der Waals surface area contributed by atoms with Crippen LogP contribution >= 0.6 is 15.9 Å². The SMILES string of the molecule is [CH2]CCCCCCCCCCCCCCCCCCCBr.